The molecule has 4 N–H and O–H groups in total. The summed E-state index contributed by atoms with van der Waals surface area (Å²) in [5.41, 5.74) is 11.7. The highest BCUT2D eigenvalue weighted by Gasteiger charge is 2.10. The monoisotopic (exact) mass is 260 g/mol. The first-order chi connectivity index (χ1) is 9.08. The van der Waals surface area contributed by atoms with Gasteiger partial charge < -0.3 is 20.8 Å². The normalized spacial score (nSPS) is 10.4. The molecule has 0 saturated carbocycles. The summed E-state index contributed by atoms with van der Waals surface area (Å²) in [4.78, 5) is 15.5. The topological polar surface area (TPSA) is 96.2 Å². The van der Waals surface area contributed by atoms with Crippen LogP contribution in [0.15, 0.2) is 30.6 Å². The van der Waals surface area contributed by atoms with Crippen LogP contribution in [0.5, 0.6) is 5.75 Å². The number of carbonyl (C=O) groups is 1. The highest BCUT2D eigenvalue weighted by molar-refractivity contribution is 5.96. The van der Waals surface area contributed by atoms with E-state index in [0.29, 0.717) is 30.0 Å². The van der Waals surface area contributed by atoms with E-state index in [9.17, 15) is 4.79 Å². The number of aryl methyl sites for hydroxylation is 1. The lowest BCUT2D eigenvalue weighted by Crippen LogP contribution is -2.14. The van der Waals surface area contributed by atoms with E-state index in [4.69, 9.17) is 16.2 Å². The van der Waals surface area contributed by atoms with Crippen molar-refractivity contribution in [1.82, 2.24) is 9.55 Å². The number of anilines is 1. The Balaban J connectivity index is 2.03. The molecule has 6 nitrogen and oxygen atoms in total. The Morgan fingerprint density at radius 2 is 2.26 bits per heavy atom. The van der Waals surface area contributed by atoms with Gasteiger partial charge in [0.1, 0.15) is 11.6 Å². The number of amides is 1. The van der Waals surface area contributed by atoms with Gasteiger partial charge in [0.2, 0.25) is 0 Å². The third-order valence-corrected chi connectivity index (χ3v) is 2.77. The molecule has 1 amide bonds. The molecule has 100 valence electrons. The van der Waals surface area contributed by atoms with Crippen molar-refractivity contribution in [1.29, 1.82) is 0 Å². The lowest BCUT2D eigenvalue weighted by atomic mass is 10.1. The van der Waals surface area contributed by atoms with Gasteiger partial charge in [0.25, 0.3) is 5.91 Å². The lowest BCUT2D eigenvalue weighted by Gasteiger charge is -2.10. The Bertz CT molecular complexity index is 592. The van der Waals surface area contributed by atoms with Gasteiger partial charge in [0.15, 0.2) is 0 Å². The highest BCUT2D eigenvalue weighted by atomic mass is 16.5. The van der Waals surface area contributed by atoms with Gasteiger partial charge in [-0.05, 0) is 18.2 Å². The molecule has 0 bridgehead atoms. The second-order valence-electron chi connectivity index (χ2n) is 4.17. The second kappa shape index (κ2) is 5.43. The Labute approximate surface area is 111 Å². The average molecular weight is 260 g/mol. The number of nitrogen functional groups attached to an aromatic ring is 1. The number of primary amides is 1. The Kier molecular flexibility index (Phi) is 3.70. The van der Waals surface area contributed by atoms with Gasteiger partial charge in [-0.1, -0.05) is 0 Å². The number of nitrogens with zero attached hydrogens (tertiary/aromatic N) is 2. The van der Waals surface area contributed by atoms with Gasteiger partial charge in [0.05, 0.1) is 12.2 Å². The predicted octanol–water partition coefficient (Wildman–Crippen LogP) is 0.723. The maximum Gasteiger partial charge on any atom is 0.252 e. The summed E-state index contributed by atoms with van der Waals surface area (Å²) < 4.78 is 7.49. The third-order valence-electron chi connectivity index (χ3n) is 2.77. The van der Waals surface area contributed by atoms with Crippen molar-refractivity contribution >= 4 is 11.6 Å². The zero-order valence-corrected chi connectivity index (χ0v) is 10.7. The molecule has 0 aliphatic rings. The van der Waals surface area contributed by atoms with Crippen molar-refractivity contribution in [2.75, 3.05) is 12.3 Å². The van der Waals surface area contributed by atoms with Gasteiger partial charge in [-0.25, -0.2) is 4.98 Å². The molecular formula is C13H16N4O2. The van der Waals surface area contributed by atoms with E-state index in [-0.39, 0.29) is 0 Å². The summed E-state index contributed by atoms with van der Waals surface area (Å²) in [7, 11) is 1.92. The molecule has 2 aromatic rings. The number of benzene rings is 1. The molecule has 0 unspecified atom stereocenters. The van der Waals surface area contributed by atoms with E-state index < -0.39 is 5.91 Å². The van der Waals surface area contributed by atoms with Gasteiger partial charge in [0, 0.05) is 31.5 Å². The Hall–Kier alpha value is -2.50. The fourth-order valence-electron chi connectivity index (χ4n) is 1.76. The molecular weight excluding hydrogens is 244 g/mol. The molecule has 2 rings (SSSR count). The van der Waals surface area contributed by atoms with Crippen LogP contribution >= 0.6 is 0 Å². The molecule has 19 heavy (non-hydrogen) atoms. The summed E-state index contributed by atoms with van der Waals surface area (Å²) in [5.74, 6) is 0.797. The number of nitrogens with two attached hydrogens (primary N) is 2. The lowest BCUT2D eigenvalue weighted by molar-refractivity contribution is 0.0996. The van der Waals surface area contributed by atoms with E-state index in [1.807, 2.05) is 17.8 Å². The van der Waals surface area contributed by atoms with Crippen LogP contribution in [0.4, 0.5) is 5.69 Å². The summed E-state index contributed by atoms with van der Waals surface area (Å²) in [5, 5.41) is 0. The van der Waals surface area contributed by atoms with Crippen molar-refractivity contribution in [3.8, 4) is 5.75 Å². The van der Waals surface area contributed by atoms with Crippen molar-refractivity contribution in [3.63, 3.8) is 0 Å². The largest absolute Gasteiger partial charge is 0.492 e. The predicted molar refractivity (Wildman–Crippen MR) is 71.8 cm³/mol. The molecule has 1 heterocycles. The van der Waals surface area contributed by atoms with Gasteiger partial charge in [-0.2, -0.15) is 0 Å². The van der Waals surface area contributed by atoms with E-state index in [0.717, 1.165) is 5.82 Å². The molecule has 0 spiro atoms. The maximum atomic E-state index is 11.3. The average Bonchev–Trinajstić information content (AvgIpc) is 2.77. The first-order valence-corrected chi connectivity index (χ1v) is 5.86. The van der Waals surface area contributed by atoms with Crippen LogP contribution in [-0.4, -0.2) is 22.1 Å². The third kappa shape index (κ3) is 3.04. The van der Waals surface area contributed by atoms with Crippen LogP contribution < -0.4 is 16.2 Å². The highest BCUT2D eigenvalue weighted by Crippen LogP contribution is 2.21. The van der Waals surface area contributed by atoms with Crippen molar-refractivity contribution in [3.05, 3.63) is 42.0 Å². The standard InChI is InChI=1S/C13H16N4O2/c1-17-6-5-16-12(17)4-7-19-11-3-2-9(14)8-10(11)13(15)18/h2-3,5-6,8H,4,7,14H2,1H3,(H2,15,18). The van der Waals surface area contributed by atoms with Crippen LogP contribution in [0.1, 0.15) is 16.2 Å². The Morgan fingerprint density at radius 1 is 1.47 bits per heavy atom. The molecule has 0 saturated heterocycles. The molecule has 1 aromatic heterocycles. The zero-order valence-electron chi connectivity index (χ0n) is 10.7. The molecule has 0 aliphatic heterocycles. The minimum Gasteiger partial charge on any atom is -0.492 e. The fraction of sp³-hybridized carbons (Fsp3) is 0.231. The van der Waals surface area contributed by atoms with E-state index in [2.05, 4.69) is 4.98 Å². The summed E-state index contributed by atoms with van der Waals surface area (Å²) >= 11 is 0. The van der Waals surface area contributed by atoms with Gasteiger partial charge in [-0.3, -0.25) is 4.79 Å². The molecule has 0 aliphatic carbocycles. The molecule has 1 aromatic carbocycles. The van der Waals surface area contributed by atoms with Crippen LogP contribution in [-0.2, 0) is 13.5 Å². The summed E-state index contributed by atoms with van der Waals surface area (Å²) in [6.45, 7) is 0.412. The number of imidazole rings is 1. The number of carbonyl (C=O) groups excluding carboxylic acids is 1. The quantitative estimate of drug-likeness (QED) is 0.774. The number of hydrogen-bond acceptors (Lipinski definition) is 4. The van der Waals surface area contributed by atoms with Gasteiger partial charge >= 0.3 is 0 Å². The number of hydrogen-bond donors (Lipinski definition) is 2. The van der Waals surface area contributed by atoms with Crippen molar-refractivity contribution < 1.29 is 9.53 Å². The van der Waals surface area contributed by atoms with Crippen LogP contribution in [0.2, 0.25) is 0 Å². The minimum atomic E-state index is -0.556. The zero-order chi connectivity index (χ0) is 13.8. The molecule has 0 radical (unpaired) electrons. The van der Waals surface area contributed by atoms with E-state index in [1.165, 1.54) is 6.07 Å². The first-order valence-electron chi connectivity index (χ1n) is 5.86. The molecule has 0 atom stereocenters. The van der Waals surface area contributed by atoms with Crippen molar-refractivity contribution in [2.24, 2.45) is 12.8 Å². The maximum absolute atomic E-state index is 11.3. The SMILES string of the molecule is Cn1ccnc1CCOc1ccc(N)cc1C(N)=O. The van der Waals surface area contributed by atoms with Gasteiger partial charge in [-0.15, -0.1) is 0 Å². The summed E-state index contributed by atoms with van der Waals surface area (Å²) in [6, 6.07) is 4.83. The van der Waals surface area contributed by atoms with Crippen LogP contribution in [0.25, 0.3) is 0 Å². The first kappa shape index (κ1) is 12.9. The molecule has 0 fully saturated rings. The van der Waals surface area contributed by atoms with Crippen LogP contribution in [0, 0.1) is 0 Å². The second-order valence-corrected chi connectivity index (χ2v) is 4.17. The number of ether oxygens (including phenoxy) is 1. The number of rotatable bonds is 5. The molecule has 6 heteroatoms. The minimum absolute atomic E-state index is 0.292. The smallest absolute Gasteiger partial charge is 0.252 e. The Morgan fingerprint density at radius 3 is 2.89 bits per heavy atom. The van der Waals surface area contributed by atoms with Crippen LogP contribution in [0.3, 0.4) is 0 Å². The van der Waals surface area contributed by atoms with E-state index in [1.54, 1.807) is 18.3 Å². The fourth-order valence-corrected chi connectivity index (χ4v) is 1.76. The van der Waals surface area contributed by atoms with Crippen molar-refractivity contribution in [2.45, 2.75) is 6.42 Å². The number of aromatic nitrogens is 2. The summed E-state index contributed by atoms with van der Waals surface area (Å²) in [6.07, 6.45) is 4.24. The van der Waals surface area contributed by atoms with E-state index >= 15 is 0 Å².